The van der Waals surface area contributed by atoms with Gasteiger partial charge in [0.1, 0.15) is 6.61 Å². The summed E-state index contributed by atoms with van der Waals surface area (Å²) in [5.41, 5.74) is 5.48. The van der Waals surface area contributed by atoms with E-state index in [-0.39, 0.29) is 18.4 Å². The van der Waals surface area contributed by atoms with Crippen LogP contribution in [-0.4, -0.2) is 24.3 Å². The number of nitrogens with zero attached hydrogens (tertiary/aromatic N) is 2. The van der Waals surface area contributed by atoms with Crippen LogP contribution in [-0.2, 0) is 22.6 Å². The molecule has 1 fully saturated rings. The molecule has 1 heterocycles. The number of para-hydroxylation sites is 2. The standard InChI is InChI=1S/C28H27N3O3/c32-27-23-9-6-11-24(23)30-25-10-4-5-12-26(25)31(27)18-17-20-13-15-22(16-14-20)29-28(33)34-19-21-7-2-1-3-8-21/h1-5,7-8,10,12-16,23H,6,9,11,17-19H2,(H,29,33). The molecular formula is C28H27N3O3. The molecule has 2 amide bonds. The maximum atomic E-state index is 13.3. The predicted octanol–water partition coefficient (Wildman–Crippen LogP) is 5.90. The summed E-state index contributed by atoms with van der Waals surface area (Å²) in [5.74, 6) is 0.0570. The fourth-order valence-corrected chi connectivity index (χ4v) is 4.58. The van der Waals surface area contributed by atoms with E-state index < -0.39 is 6.09 Å². The summed E-state index contributed by atoms with van der Waals surface area (Å²) in [6.07, 6.45) is 3.02. The molecule has 172 valence electrons. The molecule has 1 saturated carbocycles. The smallest absolute Gasteiger partial charge is 0.411 e. The molecule has 34 heavy (non-hydrogen) atoms. The first-order valence-electron chi connectivity index (χ1n) is 11.7. The first kappa shape index (κ1) is 21.9. The van der Waals surface area contributed by atoms with Crippen molar-refractivity contribution in [3.8, 4) is 0 Å². The maximum Gasteiger partial charge on any atom is 0.411 e. The molecule has 1 unspecified atom stereocenters. The summed E-state index contributed by atoms with van der Waals surface area (Å²) in [5, 5.41) is 2.76. The Morgan fingerprint density at radius 3 is 2.56 bits per heavy atom. The van der Waals surface area contributed by atoms with Crippen LogP contribution in [0.3, 0.4) is 0 Å². The molecule has 0 radical (unpaired) electrons. The molecule has 1 atom stereocenters. The minimum atomic E-state index is -0.490. The van der Waals surface area contributed by atoms with Gasteiger partial charge in [-0.05, 0) is 61.1 Å². The number of hydrogen-bond acceptors (Lipinski definition) is 4. The number of rotatable bonds is 6. The van der Waals surface area contributed by atoms with E-state index in [2.05, 4.69) is 5.32 Å². The van der Waals surface area contributed by atoms with Gasteiger partial charge in [0.2, 0.25) is 5.91 Å². The Balaban J connectivity index is 1.20. The Kier molecular flexibility index (Phi) is 6.38. The van der Waals surface area contributed by atoms with E-state index in [0.29, 0.717) is 18.7 Å². The van der Waals surface area contributed by atoms with E-state index in [9.17, 15) is 9.59 Å². The summed E-state index contributed by atoms with van der Waals surface area (Å²) in [4.78, 5) is 32.2. The lowest BCUT2D eigenvalue weighted by Crippen LogP contribution is -2.38. The second-order valence-electron chi connectivity index (χ2n) is 8.66. The van der Waals surface area contributed by atoms with E-state index >= 15 is 0 Å². The van der Waals surface area contributed by atoms with Crippen LogP contribution in [0.2, 0.25) is 0 Å². The summed E-state index contributed by atoms with van der Waals surface area (Å²) in [7, 11) is 0. The fraction of sp³-hybridized carbons (Fsp3) is 0.250. The van der Waals surface area contributed by atoms with Gasteiger partial charge in [-0.25, -0.2) is 4.79 Å². The van der Waals surface area contributed by atoms with Crippen LogP contribution < -0.4 is 10.2 Å². The van der Waals surface area contributed by atoms with Gasteiger partial charge in [-0.15, -0.1) is 0 Å². The fourth-order valence-electron chi connectivity index (χ4n) is 4.58. The van der Waals surface area contributed by atoms with E-state index in [0.717, 1.165) is 47.5 Å². The minimum absolute atomic E-state index is 0.0964. The predicted molar refractivity (Wildman–Crippen MR) is 134 cm³/mol. The van der Waals surface area contributed by atoms with Crippen LogP contribution in [0.15, 0.2) is 83.9 Å². The van der Waals surface area contributed by atoms with Crippen LogP contribution >= 0.6 is 0 Å². The second-order valence-corrected chi connectivity index (χ2v) is 8.66. The summed E-state index contributed by atoms with van der Waals surface area (Å²) in [6, 6.07) is 25.1. The van der Waals surface area contributed by atoms with E-state index in [1.807, 2.05) is 83.8 Å². The van der Waals surface area contributed by atoms with Gasteiger partial charge < -0.3 is 9.64 Å². The van der Waals surface area contributed by atoms with Gasteiger partial charge in [-0.2, -0.15) is 0 Å². The Morgan fingerprint density at radius 1 is 0.971 bits per heavy atom. The number of ether oxygens (including phenoxy) is 1. The molecule has 0 aromatic heterocycles. The molecular weight excluding hydrogens is 426 g/mol. The third kappa shape index (κ3) is 4.86. The lowest BCUT2D eigenvalue weighted by Gasteiger charge is -2.25. The topological polar surface area (TPSA) is 71.0 Å². The van der Waals surface area contributed by atoms with Crippen molar-refractivity contribution in [3.63, 3.8) is 0 Å². The largest absolute Gasteiger partial charge is 0.444 e. The van der Waals surface area contributed by atoms with Crippen molar-refractivity contribution < 1.29 is 14.3 Å². The average Bonchev–Trinajstić information content (AvgIpc) is 3.29. The van der Waals surface area contributed by atoms with Crippen molar-refractivity contribution >= 4 is 34.8 Å². The molecule has 0 saturated heterocycles. The van der Waals surface area contributed by atoms with Crippen molar-refractivity contribution in [1.29, 1.82) is 0 Å². The van der Waals surface area contributed by atoms with Crippen molar-refractivity contribution in [1.82, 2.24) is 0 Å². The van der Waals surface area contributed by atoms with Crippen LogP contribution in [0.25, 0.3) is 0 Å². The van der Waals surface area contributed by atoms with Gasteiger partial charge in [0.25, 0.3) is 0 Å². The first-order valence-corrected chi connectivity index (χ1v) is 11.7. The zero-order valence-corrected chi connectivity index (χ0v) is 18.9. The number of carbonyl (C=O) groups is 2. The van der Waals surface area contributed by atoms with Crippen molar-refractivity contribution in [2.45, 2.75) is 32.3 Å². The molecule has 1 aliphatic carbocycles. The molecule has 0 spiro atoms. The molecule has 6 nitrogen and oxygen atoms in total. The maximum absolute atomic E-state index is 13.3. The second kappa shape index (κ2) is 9.91. The van der Waals surface area contributed by atoms with Crippen molar-refractivity contribution in [2.75, 3.05) is 16.8 Å². The summed E-state index contributed by atoms with van der Waals surface area (Å²) < 4.78 is 5.28. The molecule has 5 rings (SSSR count). The Labute approximate surface area is 199 Å². The zero-order valence-electron chi connectivity index (χ0n) is 18.9. The average molecular weight is 454 g/mol. The van der Waals surface area contributed by atoms with Gasteiger partial charge >= 0.3 is 6.09 Å². The Morgan fingerprint density at radius 2 is 1.74 bits per heavy atom. The molecule has 6 heteroatoms. The summed E-state index contributed by atoms with van der Waals surface area (Å²) in [6.45, 7) is 0.809. The number of fused-ring (bicyclic) bond motifs is 2. The molecule has 3 aromatic rings. The lowest BCUT2D eigenvalue weighted by atomic mass is 10.0. The number of amides is 2. The van der Waals surface area contributed by atoms with Gasteiger partial charge in [0.05, 0.1) is 17.3 Å². The normalized spacial score (nSPS) is 16.8. The van der Waals surface area contributed by atoms with Gasteiger partial charge in [0, 0.05) is 17.9 Å². The zero-order chi connectivity index (χ0) is 23.3. The molecule has 3 aromatic carbocycles. The molecule has 1 N–H and O–H groups in total. The number of nitrogens with one attached hydrogen (secondary N) is 1. The van der Waals surface area contributed by atoms with Gasteiger partial charge in [-0.1, -0.05) is 54.6 Å². The van der Waals surface area contributed by atoms with E-state index in [1.165, 1.54) is 0 Å². The highest BCUT2D eigenvalue weighted by atomic mass is 16.5. The lowest BCUT2D eigenvalue weighted by molar-refractivity contribution is -0.120. The van der Waals surface area contributed by atoms with Crippen LogP contribution in [0.1, 0.15) is 30.4 Å². The van der Waals surface area contributed by atoms with Crippen molar-refractivity contribution in [2.24, 2.45) is 10.9 Å². The Hall–Kier alpha value is -3.93. The molecule has 0 bridgehead atoms. The number of anilines is 2. The van der Waals surface area contributed by atoms with Gasteiger partial charge in [-0.3, -0.25) is 15.1 Å². The third-order valence-electron chi connectivity index (χ3n) is 6.37. The quantitative estimate of drug-likeness (QED) is 0.505. The minimum Gasteiger partial charge on any atom is -0.444 e. The molecule has 1 aliphatic heterocycles. The highest BCUT2D eigenvalue weighted by molar-refractivity contribution is 6.15. The number of aliphatic imine (C=N–C) groups is 1. The molecule has 2 aliphatic rings. The van der Waals surface area contributed by atoms with Gasteiger partial charge in [0.15, 0.2) is 0 Å². The number of benzene rings is 3. The highest BCUT2D eigenvalue weighted by Gasteiger charge is 2.36. The highest BCUT2D eigenvalue weighted by Crippen LogP contribution is 2.37. The van der Waals surface area contributed by atoms with Crippen molar-refractivity contribution in [3.05, 3.63) is 90.0 Å². The van der Waals surface area contributed by atoms with E-state index in [4.69, 9.17) is 9.73 Å². The monoisotopic (exact) mass is 453 g/mol. The van der Waals surface area contributed by atoms with Crippen LogP contribution in [0.5, 0.6) is 0 Å². The first-order chi connectivity index (χ1) is 16.7. The van der Waals surface area contributed by atoms with Crippen LogP contribution in [0, 0.1) is 5.92 Å². The Bertz CT molecular complexity index is 1210. The third-order valence-corrected chi connectivity index (χ3v) is 6.37. The number of hydrogen-bond donors (Lipinski definition) is 1. The SMILES string of the molecule is O=C(Nc1ccc(CCN2C(=O)C3CCCC3=Nc3ccccc32)cc1)OCc1ccccc1. The summed E-state index contributed by atoms with van der Waals surface area (Å²) >= 11 is 0. The van der Waals surface area contributed by atoms with E-state index in [1.54, 1.807) is 0 Å². The number of carbonyl (C=O) groups excluding carboxylic acids is 2. The van der Waals surface area contributed by atoms with Crippen LogP contribution in [0.4, 0.5) is 21.9 Å².